The molecule has 0 radical (unpaired) electrons. The van der Waals surface area contributed by atoms with Gasteiger partial charge in [0.05, 0.1) is 0 Å². The van der Waals surface area contributed by atoms with Crippen LogP contribution in [-0.2, 0) is 6.42 Å². The Bertz CT molecular complexity index is 289. The average molecular weight is 200 g/mol. The Balaban J connectivity index is 0.000000346. The van der Waals surface area contributed by atoms with Gasteiger partial charge in [-0.1, -0.05) is 18.2 Å². The van der Waals surface area contributed by atoms with E-state index in [1.54, 1.807) is 0 Å². The third-order valence-corrected chi connectivity index (χ3v) is 1.96. The summed E-state index contributed by atoms with van der Waals surface area (Å²) in [5, 5.41) is 12.0. The van der Waals surface area contributed by atoms with Gasteiger partial charge in [-0.3, -0.25) is 0 Å². The molecular weight excluding hydrogens is 187 g/mol. The fraction of sp³-hybridized carbons (Fsp3) is 0.300. The molecular formula is C10H13LiN2O2. The topological polar surface area (TPSA) is 78.2 Å². The summed E-state index contributed by atoms with van der Waals surface area (Å²) in [6, 6.07) is 8.53. The van der Waals surface area contributed by atoms with Crippen molar-refractivity contribution < 1.29 is 28.8 Å². The van der Waals surface area contributed by atoms with Gasteiger partial charge in [-0.25, -0.2) is 0 Å². The molecule has 76 valence electrons. The van der Waals surface area contributed by atoms with Crippen LogP contribution >= 0.6 is 0 Å². The van der Waals surface area contributed by atoms with Gasteiger partial charge in [0.1, 0.15) is 6.09 Å². The predicted molar refractivity (Wildman–Crippen MR) is 52.8 cm³/mol. The first kappa shape index (κ1) is 13.9. The summed E-state index contributed by atoms with van der Waals surface area (Å²) >= 11 is 0. The first-order valence-corrected chi connectivity index (χ1v) is 4.48. The molecule has 15 heavy (non-hydrogen) atoms. The molecule has 0 atom stereocenters. The van der Waals surface area contributed by atoms with Crippen molar-refractivity contribution in [3.63, 3.8) is 0 Å². The number of anilines is 1. The smallest absolute Gasteiger partial charge is 0.530 e. The summed E-state index contributed by atoms with van der Waals surface area (Å²) in [5.74, 6) is 0. The number of hydrogen-bond acceptors (Lipinski definition) is 3. The van der Waals surface area contributed by atoms with Crippen molar-refractivity contribution in [1.82, 2.24) is 0 Å². The third kappa shape index (κ3) is 5.36. The number of aryl methyl sites for hydroxylation is 1. The van der Waals surface area contributed by atoms with E-state index in [0.717, 1.165) is 6.54 Å². The number of nitrogens with one attached hydrogen (secondary N) is 1. The summed E-state index contributed by atoms with van der Waals surface area (Å²) in [7, 11) is 0. The van der Waals surface area contributed by atoms with E-state index in [2.05, 4.69) is 35.3 Å². The van der Waals surface area contributed by atoms with E-state index in [1.165, 1.54) is 24.1 Å². The molecule has 1 aliphatic rings. The molecule has 0 spiro atoms. The first-order valence-electron chi connectivity index (χ1n) is 4.48. The van der Waals surface area contributed by atoms with Crippen molar-refractivity contribution in [2.75, 3.05) is 11.9 Å². The average Bonchev–Trinajstić information content (AvgIpc) is 2.17. The molecule has 0 saturated heterocycles. The number of carbonyl (C=O) groups is 1. The Hall–Kier alpha value is -1.11. The van der Waals surface area contributed by atoms with E-state index in [1.807, 2.05) is 0 Å². The second kappa shape index (κ2) is 7.21. The molecule has 1 heterocycles. The molecule has 4 nitrogen and oxygen atoms in total. The fourth-order valence-electron chi connectivity index (χ4n) is 1.41. The Morgan fingerprint density at radius 1 is 1.40 bits per heavy atom. The van der Waals surface area contributed by atoms with Gasteiger partial charge < -0.3 is 21.0 Å². The zero-order chi connectivity index (χ0) is 10.4. The molecule has 2 rings (SSSR count). The van der Waals surface area contributed by atoms with Gasteiger partial charge in [-0.2, -0.15) is 0 Å². The molecule has 1 aromatic rings. The van der Waals surface area contributed by atoms with Crippen LogP contribution in [0.3, 0.4) is 0 Å². The summed E-state index contributed by atoms with van der Waals surface area (Å²) in [5.41, 5.74) is 6.71. The van der Waals surface area contributed by atoms with Crippen molar-refractivity contribution in [1.29, 1.82) is 0 Å². The summed E-state index contributed by atoms with van der Waals surface area (Å²) < 4.78 is 0. The monoisotopic (exact) mass is 200 g/mol. The molecule has 1 aromatic carbocycles. The van der Waals surface area contributed by atoms with Crippen LogP contribution in [0.4, 0.5) is 10.5 Å². The summed E-state index contributed by atoms with van der Waals surface area (Å²) in [4.78, 5) is 8.67. The molecule has 1 amide bonds. The van der Waals surface area contributed by atoms with Crippen LogP contribution in [0.25, 0.3) is 0 Å². The maximum Gasteiger partial charge on any atom is 1.00 e. The minimum atomic E-state index is -1.58. The van der Waals surface area contributed by atoms with Crippen molar-refractivity contribution >= 4 is 11.8 Å². The van der Waals surface area contributed by atoms with Gasteiger partial charge in [0.25, 0.3) is 0 Å². The third-order valence-electron chi connectivity index (χ3n) is 1.96. The minimum Gasteiger partial charge on any atom is -0.530 e. The molecule has 0 aromatic heterocycles. The number of benzene rings is 1. The zero-order valence-electron chi connectivity index (χ0n) is 8.82. The fourth-order valence-corrected chi connectivity index (χ4v) is 1.41. The predicted octanol–water partition coefficient (Wildman–Crippen LogP) is -2.66. The van der Waals surface area contributed by atoms with Crippen LogP contribution < -0.4 is 35.0 Å². The number of para-hydroxylation sites is 1. The Kier molecular flexibility index (Phi) is 6.68. The standard InChI is InChI=1S/C9H11N.CH3NO2.Li/c1-2-6-9-8(4-1)5-3-7-10-9;2-1(3)4;/h1-2,4,6,10H,3,5,7H2;2H2,(H,3,4);/q;;+1/p-1. The van der Waals surface area contributed by atoms with Crippen LogP contribution in [0.15, 0.2) is 24.3 Å². The van der Waals surface area contributed by atoms with Crippen LogP contribution in [0.5, 0.6) is 0 Å². The number of hydrogen-bond donors (Lipinski definition) is 2. The molecule has 0 aliphatic carbocycles. The number of carboxylic acid groups (broad SMARTS) is 1. The normalized spacial score (nSPS) is 12.0. The summed E-state index contributed by atoms with van der Waals surface area (Å²) in [6.07, 6.45) is 0.931. The molecule has 5 heteroatoms. The van der Waals surface area contributed by atoms with Crippen molar-refractivity contribution in [3.8, 4) is 0 Å². The van der Waals surface area contributed by atoms with Crippen LogP contribution in [-0.4, -0.2) is 12.6 Å². The quantitative estimate of drug-likeness (QED) is 0.448. The van der Waals surface area contributed by atoms with Crippen molar-refractivity contribution in [3.05, 3.63) is 29.8 Å². The van der Waals surface area contributed by atoms with Gasteiger partial charge in [0.2, 0.25) is 0 Å². The van der Waals surface area contributed by atoms with Crippen molar-refractivity contribution in [2.45, 2.75) is 12.8 Å². The Morgan fingerprint density at radius 3 is 2.60 bits per heavy atom. The Morgan fingerprint density at radius 2 is 2.00 bits per heavy atom. The van der Waals surface area contributed by atoms with E-state index in [9.17, 15) is 0 Å². The van der Waals surface area contributed by atoms with Crippen molar-refractivity contribution in [2.24, 2.45) is 5.73 Å². The van der Waals surface area contributed by atoms with E-state index in [0.29, 0.717) is 0 Å². The minimum absolute atomic E-state index is 0. The number of primary amides is 1. The number of carbonyl (C=O) groups excluding carboxylic acids is 1. The number of amides is 1. The number of fused-ring (bicyclic) bond motifs is 1. The SMILES string of the molecule is NC(=O)[O-].[Li+].c1ccc2c(c1)CCCN2. The second-order valence-corrected chi connectivity index (χ2v) is 3.01. The molecule has 0 bridgehead atoms. The largest absolute Gasteiger partial charge is 1.00 e. The second-order valence-electron chi connectivity index (χ2n) is 3.01. The molecule has 0 fully saturated rings. The summed E-state index contributed by atoms with van der Waals surface area (Å²) in [6.45, 7) is 1.14. The Labute approximate surface area is 101 Å². The van der Waals surface area contributed by atoms with Crippen LogP contribution in [0.1, 0.15) is 12.0 Å². The van der Waals surface area contributed by atoms with Crippen LogP contribution in [0, 0.1) is 0 Å². The molecule has 3 N–H and O–H groups in total. The molecule has 0 unspecified atom stereocenters. The number of nitrogens with two attached hydrogens (primary N) is 1. The van der Waals surface area contributed by atoms with Gasteiger partial charge in [-0.05, 0) is 24.5 Å². The van der Waals surface area contributed by atoms with E-state index in [4.69, 9.17) is 9.90 Å². The van der Waals surface area contributed by atoms with E-state index < -0.39 is 6.09 Å². The number of rotatable bonds is 0. The molecule has 1 aliphatic heterocycles. The first-order chi connectivity index (χ1) is 6.70. The van der Waals surface area contributed by atoms with Gasteiger partial charge in [0, 0.05) is 12.2 Å². The zero-order valence-corrected chi connectivity index (χ0v) is 8.82. The van der Waals surface area contributed by atoms with E-state index >= 15 is 0 Å². The van der Waals surface area contributed by atoms with Gasteiger partial charge in [-0.15, -0.1) is 0 Å². The maximum atomic E-state index is 8.67. The molecule has 0 saturated carbocycles. The maximum absolute atomic E-state index is 8.67. The van der Waals surface area contributed by atoms with E-state index in [-0.39, 0.29) is 18.9 Å². The van der Waals surface area contributed by atoms with Crippen LogP contribution in [0.2, 0.25) is 0 Å². The van der Waals surface area contributed by atoms with Gasteiger partial charge >= 0.3 is 18.9 Å². The van der Waals surface area contributed by atoms with Gasteiger partial charge in [0.15, 0.2) is 0 Å².